The van der Waals surface area contributed by atoms with Crippen molar-refractivity contribution < 1.29 is 4.79 Å². The minimum absolute atomic E-state index is 0.117. The Morgan fingerprint density at radius 3 is 2.50 bits per heavy atom. The molecule has 0 fully saturated rings. The quantitative estimate of drug-likeness (QED) is 0.307. The number of nitrogens with two attached hydrogens (primary N) is 1. The van der Waals surface area contributed by atoms with Gasteiger partial charge in [-0.2, -0.15) is 9.78 Å². The third kappa shape index (κ3) is 4.07. The van der Waals surface area contributed by atoms with Crippen molar-refractivity contribution in [2.45, 2.75) is 6.92 Å². The zero-order valence-electron chi connectivity index (χ0n) is 18.0. The van der Waals surface area contributed by atoms with Gasteiger partial charge in [0.2, 0.25) is 0 Å². The number of aromatic nitrogens is 3. The molecule has 0 aliphatic heterocycles. The number of hydrogen-bond donors (Lipinski definition) is 2. The summed E-state index contributed by atoms with van der Waals surface area (Å²) in [5.74, 6) is -0.284. The maximum Gasteiger partial charge on any atom is 0.261 e. The molecule has 3 aromatic carbocycles. The second-order valence-electron chi connectivity index (χ2n) is 7.70. The number of para-hydroxylation sites is 2. The van der Waals surface area contributed by atoms with E-state index in [1.165, 1.54) is 4.68 Å². The van der Waals surface area contributed by atoms with Crippen molar-refractivity contribution in [3.05, 3.63) is 93.5 Å². The molecule has 0 saturated heterocycles. The standard InChI is InChI=1S/C25H18Cl2N6O/c1-14-5-4-6-16(11-14)30-25(34)21-22-24(32-20-8-3-2-7-19(20)31-22)33(23(21)28)29-13-15-9-10-17(26)18(27)12-15/h2-13H,28H2,1H3,(H,30,34)/b29-13-. The third-order valence-electron chi connectivity index (χ3n) is 5.24. The van der Waals surface area contributed by atoms with Crippen molar-refractivity contribution >= 4 is 69.0 Å². The maximum absolute atomic E-state index is 13.3. The fourth-order valence-electron chi connectivity index (χ4n) is 3.62. The molecule has 0 aliphatic rings. The van der Waals surface area contributed by atoms with Gasteiger partial charge < -0.3 is 11.1 Å². The van der Waals surface area contributed by atoms with E-state index in [9.17, 15) is 4.79 Å². The molecule has 0 bridgehead atoms. The van der Waals surface area contributed by atoms with Gasteiger partial charge in [0.25, 0.3) is 5.91 Å². The predicted molar refractivity (Wildman–Crippen MR) is 138 cm³/mol. The Hall–Kier alpha value is -3.94. The van der Waals surface area contributed by atoms with E-state index in [0.29, 0.717) is 43.5 Å². The summed E-state index contributed by atoms with van der Waals surface area (Å²) in [5.41, 5.74) is 11.0. The molecule has 2 aromatic heterocycles. The minimum atomic E-state index is -0.402. The zero-order valence-corrected chi connectivity index (χ0v) is 19.5. The lowest BCUT2D eigenvalue weighted by atomic mass is 10.2. The molecule has 0 spiro atoms. The van der Waals surface area contributed by atoms with Gasteiger partial charge in [-0.15, -0.1) is 0 Å². The Labute approximate surface area is 204 Å². The van der Waals surface area contributed by atoms with Gasteiger partial charge in [0.05, 0.1) is 27.3 Å². The first kappa shape index (κ1) is 21.9. The molecule has 7 nitrogen and oxygen atoms in total. The number of carbonyl (C=O) groups excluding carboxylic acids is 1. The molecule has 3 N–H and O–H groups in total. The van der Waals surface area contributed by atoms with Crippen molar-refractivity contribution in [2.24, 2.45) is 5.10 Å². The highest BCUT2D eigenvalue weighted by atomic mass is 35.5. The van der Waals surface area contributed by atoms with E-state index in [1.54, 1.807) is 24.4 Å². The lowest BCUT2D eigenvalue weighted by molar-refractivity contribution is 0.102. The molecular formula is C25H18Cl2N6O. The van der Waals surface area contributed by atoms with Crippen molar-refractivity contribution in [3.63, 3.8) is 0 Å². The lowest BCUT2D eigenvalue weighted by Crippen LogP contribution is -2.14. The van der Waals surface area contributed by atoms with Crippen LogP contribution in [0.15, 0.2) is 71.8 Å². The summed E-state index contributed by atoms with van der Waals surface area (Å²) in [7, 11) is 0. The van der Waals surface area contributed by atoms with Gasteiger partial charge in [0.1, 0.15) is 16.9 Å². The lowest BCUT2D eigenvalue weighted by Gasteiger charge is -2.06. The van der Waals surface area contributed by atoms with Crippen LogP contribution in [0.1, 0.15) is 21.5 Å². The molecular weight excluding hydrogens is 471 g/mol. The Morgan fingerprint density at radius 2 is 1.76 bits per heavy atom. The molecule has 0 aliphatic carbocycles. The van der Waals surface area contributed by atoms with E-state index in [0.717, 1.165) is 5.56 Å². The predicted octanol–water partition coefficient (Wildman–Crippen LogP) is 5.92. The Bertz CT molecular complexity index is 1610. The van der Waals surface area contributed by atoms with Crippen LogP contribution in [0, 0.1) is 6.92 Å². The van der Waals surface area contributed by atoms with Crippen molar-refractivity contribution in [3.8, 4) is 0 Å². The summed E-state index contributed by atoms with van der Waals surface area (Å²) in [6, 6.07) is 20.0. The molecule has 2 heterocycles. The maximum atomic E-state index is 13.3. The first-order valence-corrected chi connectivity index (χ1v) is 11.1. The number of nitrogens with one attached hydrogen (secondary N) is 1. The number of benzene rings is 3. The molecule has 9 heteroatoms. The largest absolute Gasteiger partial charge is 0.383 e. The second kappa shape index (κ2) is 8.78. The van der Waals surface area contributed by atoms with Crippen LogP contribution in [0.3, 0.4) is 0 Å². The van der Waals surface area contributed by atoms with Gasteiger partial charge >= 0.3 is 0 Å². The minimum Gasteiger partial charge on any atom is -0.383 e. The average Bonchev–Trinajstić information content (AvgIpc) is 3.08. The normalized spacial score (nSPS) is 11.5. The molecule has 5 aromatic rings. The molecule has 1 amide bonds. The zero-order chi connectivity index (χ0) is 23.8. The molecule has 168 valence electrons. The third-order valence-corrected chi connectivity index (χ3v) is 5.98. The van der Waals surface area contributed by atoms with Crippen LogP contribution < -0.4 is 11.1 Å². The molecule has 0 unspecified atom stereocenters. The van der Waals surface area contributed by atoms with Gasteiger partial charge in [0.15, 0.2) is 5.65 Å². The van der Waals surface area contributed by atoms with Crippen LogP contribution >= 0.6 is 23.2 Å². The van der Waals surface area contributed by atoms with E-state index in [4.69, 9.17) is 28.9 Å². The smallest absolute Gasteiger partial charge is 0.261 e. The second-order valence-corrected chi connectivity index (χ2v) is 8.51. The van der Waals surface area contributed by atoms with Gasteiger partial charge in [-0.25, -0.2) is 9.97 Å². The van der Waals surface area contributed by atoms with E-state index in [-0.39, 0.29) is 11.4 Å². The molecule has 0 radical (unpaired) electrons. The number of rotatable bonds is 4. The molecule has 34 heavy (non-hydrogen) atoms. The summed E-state index contributed by atoms with van der Waals surface area (Å²) in [6.07, 6.45) is 1.57. The molecule has 5 rings (SSSR count). The summed E-state index contributed by atoms with van der Waals surface area (Å²) in [6.45, 7) is 1.95. The van der Waals surface area contributed by atoms with Crippen molar-refractivity contribution in [1.29, 1.82) is 0 Å². The summed E-state index contributed by atoms with van der Waals surface area (Å²) < 4.78 is 1.41. The topological polar surface area (TPSA) is 98.2 Å². The number of nitrogens with zero attached hydrogens (tertiary/aromatic N) is 4. The number of carbonyl (C=O) groups is 1. The number of aryl methyl sites for hydroxylation is 1. The summed E-state index contributed by atoms with van der Waals surface area (Å²) in [4.78, 5) is 22.7. The Morgan fingerprint density at radius 1 is 1.00 bits per heavy atom. The number of hydrogen-bond acceptors (Lipinski definition) is 5. The number of halogens is 2. The highest BCUT2D eigenvalue weighted by Crippen LogP contribution is 2.29. The fraction of sp³-hybridized carbons (Fsp3) is 0.0400. The molecule has 0 saturated carbocycles. The van der Waals surface area contributed by atoms with E-state index >= 15 is 0 Å². The van der Waals surface area contributed by atoms with Crippen molar-refractivity contribution in [1.82, 2.24) is 14.6 Å². The monoisotopic (exact) mass is 488 g/mol. The van der Waals surface area contributed by atoms with E-state index in [2.05, 4.69) is 20.4 Å². The van der Waals surface area contributed by atoms with Crippen LogP contribution in [0.5, 0.6) is 0 Å². The van der Waals surface area contributed by atoms with Gasteiger partial charge in [-0.05, 0) is 54.4 Å². The summed E-state index contributed by atoms with van der Waals surface area (Å²) >= 11 is 12.1. The van der Waals surface area contributed by atoms with Crippen LogP contribution in [-0.4, -0.2) is 26.8 Å². The van der Waals surface area contributed by atoms with Gasteiger partial charge in [-0.1, -0.05) is 53.5 Å². The number of fused-ring (bicyclic) bond motifs is 2. The Balaban J connectivity index is 1.66. The summed E-state index contributed by atoms with van der Waals surface area (Å²) in [5, 5.41) is 8.23. The number of amides is 1. The first-order valence-electron chi connectivity index (χ1n) is 10.3. The van der Waals surface area contributed by atoms with Crippen LogP contribution in [0.4, 0.5) is 11.5 Å². The van der Waals surface area contributed by atoms with Crippen LogP contribution in [0.2, 0.25) is 10.0 Å². The fourth-order valence-corrected chi connectivity index (χ4v) is 3.93. The average molecular weight is 489 g/mol. The van der Waals surface area contributed by atoms with E-state index < -0.39 is 5.91 Å². The highest BCUT2D eigenvalue weighted by Gasteiger charge is 2.24. The number of nitrogen functional groups attached to an aromatic ring is 1. The van der Waals surface area contributed by atoms with Crippen LogP contribution in [-0.2, 0) is 0 Å². The van der Waals surface area contributed by atoms with Crippen molar-refractivity contribution in [2.75, 3.05) is 11.1 Å². The van der Waals surface area contributed by atoms with Gasteiger partial charge in [0, 0.05) is 5.69 Å². The van der Waals surface area contributed by atoms with Gasteiger partial charge in [-0.3, -0.25) is 4.79 Å². The SMILES string of the molecule is Cc1cccc(NC(=O)c2c(N)n(/N=C\c3ccc(Cl)c(Cl)c3)c3nc4ccccc4nc23)c1. The first-order chi connectivity index (χ1) is 16.4. The molecule has 0 atom stereocenters. The Kier molecular flexibility index (Phi) is 5.65. The van der Waals surface area contributed by atoms with E-state index in [1.807, 2.05) is 55.5 Å². The van der Waals surface area contributed by atoms with Crippen LogP contribution in [0.25, 0.3) is 22.2 Å². The number of anilines is 2. The highest BCUT2D eigenvalue weighted by molar-refractivity contribution is 6.42.